The maximum atomic E-state index is 11.4. The van der Waals surface area contributed by atoms with Crippen LogP contribution in [0.4, 0.5) is 5.69 Å². The molecule has 4 nitrogen and oxygen atoms in total. The highest BCUT2D eigenvalue weighted by Crippen LogP contribution is 2.33. The van der Waals surface area contributed by atoms with Gasteiger partial charge in [0, 0.05) is 4.47 Å². The third-order valence-electron chi connectivity index (χ3n) is 3.30. The van der Waals surface area contributed by atoms with E-state index in [1.165, 1.54) is 0 Å². The molecule has 1 aliphatic heterocycles. The van der Waals surface area contributed by atoms with Gasteiger partial charge in [0.2, 0.25) is 0 Å². The average molecular weight is 368 g/mol. The summed E-state index contributed by atoms with van der Waals surface area (Å²) < 4.78 is 6.13. The van der Waals surface area contributed by atoms with Crippen molar-refractivity contribution in [2.45, 2.75) is 6.04 Å². The fourth-order valence-corrected chi connectivity index (χ4v) is 2.71. The lowest BCUT2D eigenvalue weighted by atomic mass is 9.99. The number of carbonyl (C=O) groups is 1. The topological polar surface area (TPSA) is 64.3 Å². The fourth-order valence-electron chi connectivity index (χ4n) is 2.19. The van der Waals surface area contributed by atoms with Crippen LogP contribution in [0.3, 0.4) is 0 Å². The van der Waals surface area contributed by atoms with Crippen LogP contribution in [-0.2, 0) is 4.79 Å². The first-order valence-electron chi connectivity index (χ1n) is 6.32. The summed E-state index contributed by atoms with van der Waals surface area (Å²) in [6, 6.07) is 10.8. The van der Waals surface area contributed by atoms with Gasteiger partial charge >= 0.3 is 0 Å². The largest absolute Gasteiger partial charge is 0.482 e. The molecule has 1 aliphatic rings. The van der Waals surface area contributed by atoms with Crippen LogP contribution in [0.5, 0.6) is 5.75 Å². The molecule has 0 saturated carbocycles. The highest BCUT2D eigenvalue weighted by molar-refractivity contribution is 9.10. The van der Waals surface area contributed by atoms with E-state index in [-0.39, 0.29) is 18.6 Å². The average Bonchev–Trinajstić information content (AvgIpc) is 2.48. The maximum absolute atomic E-state index is 11.4. The molecule has 1 atom stereocenters. The zero-order valence-corrected chi connectivity index (χ0v) is 13.2. The summed E-state index contributed by atoms with van der Waals surface area (Å²) in [6.45, 7) is 0.0442. The summed E-state index contributed by atoms with van der Waals surface area (Å²) in [5, 5.41) is 3.41. The number of benzene rings is 2. The molecular formula is C15H12BrClN2O2. The maximum Gasteiger partial charge on any atom is 0.262 e. The first-order chi connectivity index (χ1) is 10.0. The van der Waals surface area contributed by atoms with Crippen LogP contribution in [0.15, 0.2) is 40.9 Å². The Balaban J connectivity index is 1.94. The Morgan fingerprint density at radius 3 is 2.71 bits per heavy atom. The highest BCUT2D eigenvalue weighted by Gasteiger charge is 2.18. The monoisotopic (exact) mass is 366 g/mol. The van der Waals surface area contributed by atoms with Crippen molar-refractivity contribution < 1.29 is 9.53 Å². The fraction of sp³-hybridized carbons (Fsp3) is 0.133. The van der Waals surface area contributed by atoms with Crippen LogP contribution in [0, 0.1) is 0 Å². The zero-order valence-electron chi connectivity index (χ0n) is 10.9. The number of halogens is 2. The van der Waals surface area contributed by atoms with Crippen molar-refractivity contribution in [1.29, 1.82) is 0 Å². The third kappa shape index (κ3) is 2.90. The lowest BCUT2D eigenvalue weighted by molar-refractivity contribution is -0.118. The number of carbonyl (C=O) groups excluding carboxylic acids is 1. The number of nitrogens with two attached hydrogens (primary N) is 1. The van der Waals surface area contributed by atoms with Crippen molar-refractivity contribution in [2.24, 2.45) is 5.73 Å². The number of fused-ring (bicyclic) bond motifs is 1. The molecule has 2 aromatic rings. The summed E-state index contributed by atoms with van der Waals surface area (Å²) >= 11 is 9.38. The van der Waals surface area contributed by atoms with Crippen LogP contribution in [-0.4, -0.2) is 12.5 Å². The van der Waals surface area contributed by atoms with Gasteiger partial charge in [-0.25, -0.2) is 0 Å². The molecular weight excluding hydrogens is 356 g/mol. The molecule has 2 aromatic carbocycles. The van der Waals surface area contributed by atoms with Gasteiger partial charge in [0.25, 0.3) is 5.91 Å². The van der Waals surface area contributed by atoms with Gasteiger partial charge in [-0.1, -0.05) is 23.7 Å². The molecule has 6 heteroatoms. The van der Waals surface area contributed by atoms with E-state index in [0.717, 1.165) is 15.6 Å². The van der Waals surface area contributed by atoms with Gasteiger partial charge in [-0.15, -0.1) is 0 Å². The van der Waals surface area contributed by atoms with E-state index >= 15 is 0 Å². The Labute approximate surface area is 135 Å². The molecule has 0 saturated heterocycles. The van der Waals surface area contributed by atoms with Gasteiger partial charge in [0.05, 0.1) is 16.8 Å². The first-order valence-corrected chi connectivity index (χ1v) is 7.49. The molecule has 0 fully saturated rings. The number of hydrogen-bond acceptors (Lipinski definition) is 3. The van der Waals surface area contributed by atoms with Gasteiger partial charge < -0.3 is 15.8 Å². The van der Waals surface area contributed by atoms with Crippen molar-refractivity contribution in [2.75, 3.05) is 11.9 Å². The van der Waals surface area contributed by atoms with E-state index in [2.05, 4.69) is 21.2 Å². The predicted octanol–water partition coefficient (Wildman–Crippen LogP) is 3.48. The van der Waals surface area contributed by atoms with Gasteiger partial charge in [0.15, 0.2) is 6.61 Å². The number of ether oxygens (including phenoxy) is 1. The Kier molecular flexibility index (Phi) is 3.89. The molecule has 3 N–H and O–H groups in total. The Morgan fingerprint density at radius 2 is 1.95 bits per heavy atom. The Hall–Kier alpha value is -1.56. The molecule has 0 aromatic heterocycles. The smallest absolute Gasteiger partial charge is 0.262 e. The van der Waals surface area contributed by atoms with Gasteiger partial charge in [-0.3, -0.25) is 4.79 Å². The van der Waals surface area contributed by atoms with E-state index < -0.39 is 0 Å². The highest BCUT2D eigenvalue weighted by atomic mass is 79.9. The molecule has 0 radical (unpaired) electrons. The van der Waals surface area contributed by atoms with Crippen LogP contribution in [0.25, 0.3) is 0 Å². The predicted molar refractivity (Wildman–Crippen MR) is 85.7 cm³/mol. The minimum Gasteiger partial charge on any atom is -0.482 e. The second-order valence-electron chi connectivity index (χ2n) is 4.74. The van der Waals surface area contributed by atoms with Gasteiger partial charge in [-0.05, 0) is 51.3 Å². The van der Waals surface area contributed by atoms with E-state index in [1.807, 2.05) is 30.3 Å². The summed E-state index contributed by atoms with van der Waals surface area (Å²) in [6.07, 6.45) is 0. The minimum absolute atomic E-state index is 0.0442. The van der Waals surface area contributed by atoms with Gasteiger partial charge in [0.1, 0.15) is 5.75 Å². The van der Waals surface area contributed by atoms with Crippen molar-refractivity contribution in [1.82, 2.24) is 0 Å². The van der Waals surface area contributed by atoms with Gasteiger partial charge in [-0.2, -0.15) is 0 Å². The number of anilines is 1. The molecule has 0 bridgehead atoms. The summed E-state index contributed by atoms with van der Waals surface area (Å²) in [4.78, 5) is 11.4. The number of rotatable bonds is 2. The van der Waals surface area contributed by atoms with Crippen molar-refractivity contribution in [3.63, 3.8) is 0 Å². The van der Waals surface area contributed by atoms with Crippen LogP contribution in [0.2, 0.25) is 5.02 Å². The Bertz CT molecular complexity index is 721. The second kappa shape index (κ2) is 5.67. The van der Waals surface area contributed by atoms with Crippen LogP contribution in [0.1, 0.15) is 17.2 Å². The molecule has 3 rings (SSSR count). The molecule has 1 heterocycles. The van der Waals surface area contributed by atoms with Crippen molar-refractivity contribution in [3.05, 3.63) is 57.0 Å². The Morgan fingerprint density at radius 1 is 1.24 bits per heavy atom. The first kappa shape index (κ1) is 14.4. The lowest BCUT2D eigenvalue weighted by Gasteiger charge is -2.20. The van der Waals surface area contributed by atoms with E-state index in [9.17, 15) is 4.79 Å². The van der Waals surface area contributed by atoms with E-state index in [4.69, 9.17) is 22.1 Å². The summed E-state index contributed by atoms with van der Waals surface area (Å²) in [5.74, 6) is 0.491. The second-order valence-corrected chi connectivity index (χ2v) is 6.01. The zero-order chi connectivity index (χ0) is 15.0. The standard InChI is InChI=1S/C15H12BrClN2O2/c16-10-5-8(1-3-11(10)17)15(18)9-2-4-13-12(6-9)19-14(20)7-21-13/h1-6,15H,7,18H2,(H,19,20). The SMILES string of the molecule is NC(c1ccc(Cl)c(Br)c1)c1ccc2c(c1)NC(=O)CO2. The van der Waals surface area contributed by atoms with Crippen LogP contribution < -0.4 is 15.8 Å². The van der Waals surface area contributed by atoms with E-state index in [1.54, 1.807) is 6.07 Å². The molecule has 0 spiro atoms. The normalized spacial score (nSPS) is 14.9. The van der Waals surface area contributed by atoms with Crippen molar-refractivity contribution in [3.8, 4) is 5.75 Å². The molecule has 0 aliphatic carbocycles. The molecule has 1 unspecified atom stereocenters. The van der Waals surface area contributed by atoms with Crippen molar-refractivity contribution >= 4 is 39.1 Å². The molecule has 1 amide bonds. The molecule has 108 valence electrons. The molecule has 21 heavy (non-hydrogen) atoms. The van der Waals surface area contributed by atoms with Crippen LogP contribution >= 0.6 is 27.5 Å². The summed E-state index contributed by atoms with van der Waals surface area (Å²) in [5.41, 5.74) is 8.74. The quantitative estimate of drug-likeness (QED) is 0.854. The summed E-state index contributed by atoms with van der Waals surface area (Å²) in [7, 11) is 0. The third-order valence-corrected chi connectivity index (χ3v) is 4.51. The number of amides is 1. The minimum atomic E-state index is -0.317. The number of nitrogens with one attached hydrogen (secondary N) is 1. The van der Waals surface area contributed by atoms with E-state index in [0.29, 0.717) is 16.5 Å². The number of hydrogen-bond donors (Lipinski definition) is 2. The lowest BCUT2D eigenvalue weighted by Crippen LogP contribution is -2.25.